The fourth-order valence-corrected chi connectivity index (χ4v) is 2.25. The summed E-state index contributed by atoms with van der Waals surface area (Å²) in [5.41, 5.74) is 2.85. The van der Waals surface area contributed by atoms with Gasteiger partial charge in [-0.15, -0.1) is 5.10 Å². The minimum Gasteiger partial charge on any atom is -0.249 e. The molecule has 0 aromatic carbocycles. The predicted octanol–water partition coefficient (Wildman–Crippen LogP) is 3.96. The highest BCUT2D eigenvalue weighted by Gasteiger charge is 2.27. The molecule has 3 heteroatoms. The van der Waals surface area contributed by atoms with E-state index in [9.17, 15) is 0 Å². The minimum absolute atomic E-state index is 0.109. The molecule has 3 nitrogen and oxygen atoms in total. The smallest absolute Gasteiger partial charge is 0.0869 e. The van der Waals surface area contributed by atoms with Crippen molar-refractivity contribution >= 4 is 0 Å². The van der Waals surface area contributed by atoms with Crippen molar-refractivity contribution < 1.29 is 0 Å². The third-order valence-corrected chi connectivity index (χ3v) is 2.94. The van der Waals surface area contributed by atoms with E-state index >= 15 is 0 Å². The molecule has 1 aromatic heterocycles. The van der Waals surface area contributed by atoms with Crippen molar-refractivity contribution in [3.8, 4) is 0 Å². The van der Waals surface area contributed by atoms with Crippen LogP contribution in [0.4, 0.5) is 0 Å². The summed E-state index contributed by atoms with van der Waals surface area (Å²) in [6, 6.07) is 0. The monoisotopic (exact) mass is 251 g/mol. The Kier molecular flexibility index (Phi) is 4.57. The first-order valence-corrected chi connectivity index (χ1v) is 7.08. The number of hydrogen-bond donors (Lipinski definition) is 0. The van der Waals surface area contributed by atoms with E-state index in [2.05, 4.69) is 63.5 Å². The van der Waals surface area contributed by atoms with Gasteiger partial charge in [0.1, 0.15) is 0 Å². The lowest BCUT2D eigenvalue weighted by Gasteiger charge is -2.24. The fourth-order valence-electron chi connectivity index (χ4n) is 2.25. The molecule has 0 aliphatic carbocycles. The Balaban J connectivity index is 3.08. The zero-order chi connectivity index (χ0) is 14.0. The molecule has 0 N–H and O–H groups in total. The zero-order valence-electron chi connectivity index (χ0n) is 13.2. The summed E-state index contributed by atoms with van der Waals surface area (Å²) < 4.78 is 2.12. The second kappa shape index (κ2) is 5.41. The van der Waals surface area contributed by atoms with Gasteiger partial charge in [-0.05, 0) is 18.3 Å². The van der Waals surface area contributed by atoms with Gasteiger partial charge in [-0.3, -0.25) is 0 Å². The average molecular weight is 251 g/mol. The summed E-state index contributed by atoms with van der Waals surface area (Å²) in [6.07, 6.45) is 3.35. The summed E-state index contributed by atoms with van der Waals surface area (Å²) in [5.74, 6) is 0. The van der Waals surface area contributed by atoms with Gasteiger partial charge in [0, 0.05) is 12.0 Å². The molecule has 0 atom stereocenters. The molecule has 0 aliphatic heterocycles. The Morgan fingerprint density at radius 2 is 1.67 bits per heavy atom. The molecule has 0 aliphatic rings. The highest BCUT2D eigenvalue weighted by Crippen LogP contribution is 2.29. The summed E-state index contributed by atoms with van der Waals surface area (Å²) in [7, 11) is 0. The van der Waals surface area contributed by atoms with E-state index in [0.717, 1.165) is 13.0 Å². The molecule has 18 heavy (non-hydrogen) atoms. The van der Waals surface area contributed by atoms with Crippen molar-refractivity contribution in [3.63, 3.8) is 0 Å². The van der Waals surface area contributed by atoms with Crippen LogP contribution in [0.2, 0.25) is 0 Å². The van der Waals surface area contributed by atoms with Crippen LogP contribution in [0.5, 0.6) is 0 Å². The highest BCUT2D eigenvalue weighted by molar-refractivity contribution is 5.20. The Labute approximate surface area is 112 Å². The van der Waals surface area contributed by atoms with Gasteiger partial charge in [-0.2, -0.15) is 0 Å². The maximum atomic E-state index is 4.43. The second-order valence-electron chi connectivity index (χ2n) is 7.45. The summed E-state index contributed by atoms with van der Waals surface area (Å²) in [6.45, 7) is 16.7. The van der Waals surface area contributed by atoms with Crippen LogP contribution in [0.1, 0.15) is 72.7 Å². The van der Waals surface area contributed by atoms with E-state index in [1.807, 2.05) is 0 Å². The van der Waals surface area contributed by atoms with Crippen molar-refractivity contribution in [3.05, 3.63) is 11.4 Å². The van der Waals surface area contributed by atoms with Gasteiger partial charge in [0.15, 0.2) is 0 Å². The van der Waals surface area contributed by atoms with Crippen molar-refractivity contribution in [2.24, 2.45) is 5.41 Å². The average Bonchev–Trinajstić information content (AvgIpc) is 2.54. The van der Waals surface area contributed by atoms with Crippen molar-refractivity contribution in [1.82, 2.24) is 15.0 Å². The SMILES string of the molecule is CCCCn1nnc(CC(C)(C)C)c1C(C)(C)C. The molecule has 104 valence electrons. The molecule has 0 saturated heterocycles. The van der Waals surface area contributed by atoms with Gasteiger partial charge in [-0.25, -0.2) is 4.68 Å². The maximum absolute atomic E-state index is 4.43. The lowest BCUT2D eigenvalue weighted by molar-refractivity contribution is 0.398. The van der Waals surface area contributed by atoms with Crippen LogP contribution in [0.25, 0.3) is 0 Å². The van der Waals surface area contributed by atoms with Crippen LogP contribution in [0.3, 0.4) is 0 Å². The number of unbranched alkanes of at least 4 members (excludes halogenated alkanes) is 1. The van der Waals surface area contributed by atoms with Crippen LogP contribution in [-0.4, -0.2) is 15.0 Å². The van der Waals surface area contributed by atoms with Gasteiger partial charge in [0.2, 0.25) is 0 Å². The number of aromatic nitrogens is 3. The van der Waals surface area contributed by atoms with E-state index in [0.29, 0.717) is 0 Å². The highest BCUT2D eigenvalue weighted by atomic mass is 15.4. The lowest BCUT2D eigenvalue weighted by atomic mass is 9.84. The fraction of sp³-hybridized carbons (Fsp3) is 0.867. The normalized spacial score (nSPS) is 13.1. The molecule has 1 heterocycles. The summed E-state index contributed by atoms with van der Waals surface area (Å²) in [4.78, 5) is 0. The van der Waals surface area contributed by atoms with Crippen molar-refractivity contribution in [1.29, 1.82) is 0 Å². The summed E-state index contributed by atoms with van der Waals surface area (Å²) >= 11 is 0. The standard InChI is InChI=1S/C15H29N3/c1-8-9-10-18-13(15(5,6)7)12(16-17-18)11-14(2,3)4/h8-11H2,1-7H3. The van der Waals surface area contributed by atoms with Crippen LogP contribution < -0.4 is 0 Å². The van der Waals surface area contributed by atoms with Crippen LogP contribution >= 0.6 is 0 Å². The molecule has 0 fully saturated rings. The molecular formula is C15H29N3. The Hall–Kier alpha value is -0.860. The van der Waals surface area contributed by atoms with E-state index in [1.165, 1.54) is 24.2 Å². The first kappa shape index (κ1) is 15.2. The molecule has 0 spiro atoms. The number of aryl methyl sites for hydroxylation is 1. The Morgan fingerprint density at radius 3 is 2.11 bits per heavy atom. The molecule has 0 bridgehead atoms. The predicted molar refractivity (Wildman–Crippen MR) is 76.8 cm³/mol. The molecule has 1 rings (SSSR count). The van der Waals surface area contributed by atoms with Crippen LogP contribution in [0.15, 0.2) is 0 Å². The number of rotatable bonds is 4. The van der Waals surface area contributed by atoms with Crippen LogP contribution in [0, 0.1) is 5.41 Å². The molecule has 0 amide bonds. The van der Waals surface area contributed by atoms with E-state index in [4.69, 9.17) is 0 Å². The first-order chi connectivity index (χ1) is 8.15. The Bertz CT molecular complexity index is 377. The van der Waals surface area contributed by atoms with Crippen LogP contribution in [-0.2, 0) is 18.4 Å². The van der Waals surface area contributed by atoms with Gasteiger partial charge in [-0.1, -0.05) is 60.1 Å². The van der Waals surface area contributed by atoms with Gasteiger partial charge in [0.25, 0.3) is 0 Å². The minimum atomic E-state index is 0.109. The molecule has 1 aromatic rings. The van der Waals surface area contributed by atoms with E-state index < -0.39 is 0 Å². The zero-order valence-corrected chi connectivity index (χ0v) is 13.2. The quantitative estimate of drug-likeness (QED) is 0.811. The Morgan fingerprint density at radius 1 is 1.06 bits per heavy atom. The maximum Gasteiger partial charge on any atom is 0.0869 e. The van der Waals surface area contributed by atoms with Gasteiger partial charge >= 0.3 is 0 Å². The van der Waals surface area contributed by atoms with Gasteiger partial charge in [0.05, 0.1) is 11.4 Å². The first-order valence-electron chi connectivity index (χ1n) is 7.08. The van der Waals surface area contributed by atoms with E-state index in [-0.39, 0.29) is 10.8 Å². The van der Waals surface area contributed by atoms with Crippen molar-refractivity contribution in [2.75, 3.05) is 0 Å². The molecule has 0 unspecified atom stereocenters. The molecule has 0 saturated carbocycles. The molecular weight excluding hydrogens is 222 g/mol. The lowest BCUT2D eigenvalue weighted by Crippen LogP contribution is -2.22. The summed E-state index contributed by atoms with van der Waals surface area (Å²) in [5, 5.41) is 8.80. The third kappa shape index (κ3) is 4.11. The molecule has 0 radical (unpaired) electrons. The topological polar surface area (TPSA) is 30.7 Å². The number of hydrogen-bond acceptors (Lipinski definition) is 2. The largest absolute Gasteiger partial charge is 0.249 e. The second-order valence-corrected chi connectivity index (χ2v) is 7.45. The number of nitrogens with zero attached hydrogens (tertiary/aromatic N) is 3. The van der Waals surface area contributed by atoms with E-state index in [1.54, 1.807) is 0 Å². The van der Waals surface area contributed by atoms with Crippen molar-refractivity contribution in [2.45, 2.75) is 79.7 Å². The van der Waals surface area contributed by atoms with Gasteiger partial charge < -0.3 is 0 Å². The third-order valence-electron chi connectivity index (χ3n) is 2.94.